The first kappa shape index (κ1) is 15.5. The smallest absolute Gasteiger partial charge is 0.154 e. The normalized spacial score (nSPS) is 12.1. The van der Waals surface area contributed by atoms with Gasteiger partial charge in [-0.1, -0.05) is 35.9 Å². The molecular weight excluding hydrogens is 314 g/mol. The van der Waals surface area contributed by atoms with Crippen molar-refractivity contribution in [3.8, 4) is 11.5 Å². The summed E-state index contributed by atoms with van der Waals surface area (Å²) in [6, 6.07) is 16.2. The van der Waals surface area contributed by atoms with Crippen molar-refractivity contribution >= 4 is 28.1 Å². The van der Waals surface area contributed by atoms with Crippen molar-refractivity contribution in [1.29, 1.82) is 0 Å². The Bertz CT molecular complexity index is 851. The van der Waals surface area contributed by atoms with Crippen LogP contribution in [0.5, 0.6) is 11.5 Å². The second kappa shape index (κ2) is 6.36. The molecule has 0 heterocycles. The Morgan fingerprint density at radius 3 is 2.39 bits per heavy atom. The summed E-state index contributed by atoms with van der Waals surface area (Å²) in [5, 5.41) is 25.7. The van der Waals surface area contributed by atoms with Crippen LogP contribution in [0.25, 0.3) is 10.8 Å². The van der Waals surface area contributed by atoms with E-state index in [1.165, 1.54) is 6.07 Å². The Morgan fingerprint density at radius 2 is 1.74 bits per heavy atom. The van der Waals surface area contributed by atoms with Crippen LogP contribution in [0.1, 0.15) is 11.8 Å². The van der Waals surface area contributed by atoms with Crippen LogP contribution in [0.3, 0.4) is 0 Å². The largest absolute Gasteiger partial charge is 0.506 e. The van der Waals surface area contributed by atoms with Gasteiger partial charge in [-0.25, -0.2) is 0 Å². The van der Waals surface area contributed by atoms with E-state index in [2.05, 4.69) is 5.32 Å². The molecule has 0 amide bonds. The van der Waals surface area contributed by atoms with Crippen LogP contribution in [0.15, 0.2) is 54.6 Å². The van der Waals surface area contributed by atoms with Gasteiger partial charge in [0.05, 0.1) is 12.8 Å². The Balaban J connectivity index is 1.97. The Morgan fingerprint density at radius 1 is 1.04 bits per heavy atom. The summed E-state index contributed by atoms with van der Waals surface area (Å²) in [5.74, 6) is 0.536. The number of nitrogens with one attached hydrogen (secondary N) is 1. The first-order chi connectivity index (χ1) is 11.1. The lowest BCUT2D eigenvalue weighted by Gasteiger charge is -2.19. The van der Waals surface area contributed by atoms with E-state index >= 15 is 0 Å². The summed E-state index contributed by atoms with van der Waals surface area (Å²) in [4.78, 5) is 0. The summed E-state index contributed by atoms with van der Waals surface area (Å²) in [6.45, 7) is 0. The highest BCUT2D eigenvalue weighted by atomic mass is 35.5. The van der Waals surface area contributed by atoms with Crippen LogP contribution < -0.4 is 10.1 Å². The molecule has 3 aromatic rings. The molecule has 3 rings (SSSR count). The summed E-state index contributed by atoms with van der Waals surface area (Å²) in [7, 11) is 1.56. The fourth-order valence-electron chi connectivity index (χ4n) is 2.48. The number of aliphatic hydroxyl groups is 1. The van der Waals surface area contributed by atoms with Crippen molar-refractivity contribution in [1.82, 2.24) is 0 Å². The van der Waals surface area contributed by atoms with Crippen LogP contribution in [0, 0.1) is 0 Å². The van der Waals surface area contributed by atoms with Crippen molar-refractivity contribution in [2.75, 3.05) is 12.4 Å². The Labute approximate surface area is 138 Å². The number of aliphatic hydroxyl groups excluding tert-OH is 1. The molecule has 1 unspecified atom stereocenters. The minimum absolute atomic E-state index is 0.0312. The number of rotatable bonds is 4. The van der Waals surface area contributed by atoms with E-state index in [0.29, 0.717) is 22.0 Å². The van der Waals surface area contributed by atoms with E-state index < -0.39 is 6.23 Å². The number of anilines is 1. The van der Waals surface area contributed by atoms with Crippen LogP contribution in [-0.2, 0) is 0 Å². The van der Waals surface area contributed by atoms with Crippen LogP contribution in [0.4, 0.5) is 5.69 Å². The highest BCUT2D eigenvalue weighted by molar-refractivity contribution is 6.30. The molecule has 0 aromatic heterocycles. The second-order valence-corrected chi connectivity index (χ2v) is 5.59. The van der Waals surface area contributed by atoms with Gasteiger partial charge in [0, 0.05) is 16.7 Å². The maximum Gasteiger partial charge on any atom is 0.154 e. The van der Waals surface area contributed by atoms with Gasteiger partial charge in [0.15, 0.2) is 6.23 Å². The quantitative estimate of drug-likeness (QED) is 0.493. The number of halogens is 1. The van der Waals surface area contributed by atoms with Crippen molar-refractivity contribution < 1.29 is 14.9 Å². The molecule has 0 saturated carbocycles. The molecule has 0 saturated heterocycles. The fourth-order valence-corrected chi connectivity index (χ4v) is 2.65. The molecule has 3 aromatic carbocycles. The van der Waals surface area contributed by atoms with E-state index in [9.17, 15) is 10.2 Å². The van der Waals surface area contributed by atoms with E-state index in [1.807, 2.05) is 36.4 Å². The molecule has 23 heavy (non-hydrogen) atoms. The van der Waals surface area contributed by atoms with E-state index in [4.69, 9.17) is 16.3 Å². The number of fused-ring (bicyclic) bond motifs is 1. The van der Waals surface area contributed by atoms with Gasteiger partial charge in [0.25, 0.3) is 0 Å². The zero-order chi connectivity index (χ0) is 16.4. The minimum Gasteiger partial charge on any atom is -0.506 e. The Hall–Kier alpha value is -2.43. The molecule has 0 bridgehead atoms. The molecular formula is C18H16ClNO3. The number of methoxy groups -OCH3 is 1. The van der Waals surface area contributed by atoms with Gasteiger partial charge in [-0.15, -0.1) is 0 Å². The molecule has 0 fully saturated rings. The number of hydrogen-bond acceptors (Lipinski definition) is 4. The lowest BCUT2D eigenvalue weighted by Crippen LogP contribution is -2.11. The van der Waals surface area contributed by atoms with Gasteiger partial charge in [0.1, 0.15) is 11.5 Å². The highest BCUT2D eigenvalue weighted by Gasteiger charge is 2.16. The van der Waals surface area contributed by atoms with Crippen molar-refractivity contribution in [3.05, 3.63) is 65.2 Å². The van der Waals surface area contributed by atoms with Crippen molar-refractivity contribution in [2.24, 2.45) is 0 Å². The van der Waals surface area contributed by atoms with Gasteiger partial charge >= 0.3 is 0 Å². The van der Waals surface area contributed by atoms with E-state index in [0.717, 1.165) is 10.8 Å². The molecule has 118 valence electrons. The summed E-state index contributed by atoms with van der Waals surface area (Å²) in [6.07, 6.45) is -1.04. The number of phenolic OH excluding ortho intramolecular Hbond substituents is 1. The zero-order valence-electron chi connectivity index (χ0n) is 12.5. The lowest BCUT2D eigenvalue weighted by atomic mass is 10.0. The molecule has 0 spiro atoms. The molecule has 5 heteroatoms. The maximum atomic E-state index is 10.5. The number of hydrogen-bond donors (Lipinski definition) is 3. The summed E-state index contributed by atoms with van der Waals surface area (Å²) in [5.41, 5.74) is 0.970. The maximum absolute atomic E-state index is 10.5. The molecule has 1 atom stereocenters. The predicted molar refractivity (Wildman–Crippen MR) is 92.2 cm³/mol. The van der Waals surface area contributed by atoms with E-state index in [-0.39, 0.29) is 5.75 Å². The van der Waals surface area contributed by atoms with Crippen molar-refractivity contribution in [2.45, 2.75) is 6.23 Å². The molecule has 4 nitrogen and oxygen atoms in total. The molecule has 0 aliphatic rings. The third kappa shape index (κ3) is 3.18. The van der Waals surface area contributed by atoms with Crippen LogP contribution in [0.2, 0.25) is 5.02 Å². The first-order valence-electron chi connectivity index (χ1n) is 7.08. The average molecular weight is 330 g/mol. The topological polar surface area (TPSA) is 61.7 Å². The first-order valence-corrected chi connectivity index (χ1v) is 7.46. The lowest BCUT2D eigenvalue weighted by molar-refractivity contribution is 0.202. The monoisotopic (exact) mass is 329 g/mol. The zero-order valence-corrected chi connectivity index (χ0v) is 13.2. The van der Waals surface area contributed by atoms with Crippen LogP contribution >= 0.6 is 11.6 Å². The number of phenols is 1. The van der Waals surface area contributed by atoms with Crippen molar-refractivity contribution in [3.63, 3.8) is 0 Å². The Kier molecular flexibility index (Phi) is 4.28. The van der Waals surface area contributed by atoms with Gasteiger partial charge in [-0.3, -0.25) is 0 Å². The van der Waals surface area contributed by atoms with Gasteiger partial charge in [-0.05, 0) is 35.0 Å². The summed E-state index contributed by atoms with van der Waals surface area (Å²) < 4.78 is 5.38. The van der Waals surface area contributed by atoms with Gasteiger partial charge in [-0.2, -0.15) is 0 Å². The fraction of sp³-hybridized carbons (Fsp3) is 0.111. The molecule has 0 aliphatic carbocycles. The number of ether oxygens (including phenoxy) is 1. The number of benzene rings is 3. The highest BCUT2D eigenvalue weighted by Crippen LogP contribution is 2.34. The van der Waals surface area contributed by atoms with Gasteiger partial charge < -0.3 is 20.3 Å². The van der Waals surface area contributed by atoms with Gasteiger partial charge in [0.2, 0.25) is 0 Å². The second-order valence-electron chi connectivity index (χ2n) is 5.15. The minimum atomic E-state index is -1.04. The molecule has 0 aliphatic heterocycles. The third-order valence-electron chi connectivity index (χ3n) is 3.64. The average Bonchev–Trinajstić information content (AvgIpc) is 2.56. The third-order valence-corrected chi connectivity index (χ3v) is 3.88. The summed E-state index contributed by atoms with van der Waals surface area (Å²) >= 11 is 5.81. The van der Waals surface area contributed by atoms with E-state index in [1.54, 1.807) is 19.2 Å². The standard InChI is InChI=1S/C18H16ClNO3/c1-23-17-9-12-5-3-2-4-11(12)8-14(17)18(22)20-15-7-6-13(19)10-16(15)21/h2-10,18,20-22H,1H3. The van der Waals surface area contributed by atoms with Crippen LogP contribution in [-0.4, -0.2) is 17.3 Å². The molecule has 0 radical (unpaired) electrons. The number of aromatic hydroxyl groups is 1. The molecule has 3 N–H and O–H groups in total. The predicted octanol–water partition coefficient (Wildman–Crippen LogP) is 4.31. The SMILES string of the molecule is COc1cc2ccccc2cc1C(O)Nc1ccc(Cl)cc1O.